The minimum Gasteiger partial charge on any atom is -0.491 e. The fraction of sp³-hybridized carbons (Fsp3) is 0.208. The van der Waals surface area contributed by atoms with E-state index in [2.05, 4.69) is 5.32 Å². The normalized spacial score (nSPS) is 10.8. The Morgan fingerprint density at radius 3 is 2.41 bits per heavy atom. The Morgan fingerprint density at radius 2 is 1.72 bits per heavy atom. The number of benzene rings is 3. The number of thioether (sulfide) groups is 1. The molecule has 3 nitrogen and oxygen atoms in total. The zero-order valence-corrected chi connectivity index (χ0v) is 18.1. The van der Waals surface area contributed by atoms with Crippen molar-refractivity contribution in [3.63, 3.8) is 0 Å². The van der Waals surface area contributed by atoms with Gasteiger partial charge in [0.2, 0.25) is 0 Å². The van der Waals surface area contributed by atoms with Crippen molar-refractivity contribution in [2.45, 2.75) is 37.1 Å². The van der Waals surface area contributed by atoms with Gasteiger partial charge in [-0.25, -0.2) is 0 Å². The quantitative estimate of drug-likeness (QED) is 0.427. The summed E-state index contributed by atoms with van der Waals surface area (Å²) < 4.78 is 5.70. The number of hydrogen-bond donors (Lipinski definition) is 1. The van der Waals surface area contributed by atoms with E-state index in [-0.39, 0.29) is 12.0 Å². The van der Waals surface area contributed by atoms with Crippen molar-refractivity contribution in [2.75, 3.05) is 0 Å². The fourth-order valence-corrected chi connectivity index (χ4v) is 3.72. The smallest absolute Gasteiger partial charge is 0.251 e. The van der Waals surface area contributed by atoms with Crippen molar-refractivity contribution in [1.29, 1.82) is 0 Å². The van der Waals surface area contributed by atoms with E-state index in [0.717, 1.165) is 22.1 Å². The highest BCUT2D eigenvalue weighted by molar-refractivity contribution is 7.98. The highest BCUT2D eigenvalue weighted by Crippen LogP contribution is 2.24. The van der Waals surface area contributed by atoms with Crippen LogP contribution in [0.2, 0.25) is 5.02 Å². The number of halogens is 1. The first-order valence-corrected chi connectivity index (χ1v) is 10.9. The molecule has 0 atom stereocenters. The molecular weight excluding hydrogens is 402 g/mol. The Hall–Kier alpha value is -2.43. The van der Waals surface area contributed by atoms with Crippen molar-refractivity contribution >= 4 is 29.3 Å². The van der Waals surface area contributed by atoms with E-state index in [1.54, 1.807) is 11.8 Å². The lowest BCUT2D eigenvalue weighted by molar-refractivity contribution is 0.0951. The molecule has 150 valence electrons. The van der Waals surface area contributed by atoms with Gasteiger partial charge < -0.3 is 10.1 Å². The van der Waals surface area contributed by atoms with Crippen LogP contribution in [-0.2, 0) is 12.3 Å². The van der Waals surface area contributed by atoms with Crippen LogP contribution in [0.1, 0.15) is 35.3 Å². The molecule has 3 aromatic carbocycles. The summed E-state index contributed by atoms with van der Waals surface area (Å²) >= 11 is 7.65. The molecular formula is C24H24ClNO2S. The van der Waals surface area contributed by atoms with E-state index in [4.69, 9.17) is 16.3 Å². The molecule has 0 radical (unpaired) electrons. The first kappa shape index (κ1) is 21.3. The number of rotatable bonds is 8. The van der Waals surface area contributed by atoms with Crippen LogP contribution >= 0.6 is 23.4 Å². The average Bonchev–Trinajstić information content (AvgIpc) is 2.72. The molecule has 3 aromatic rings. The van der Waals surface area contributed by atoms with Crippen molar-refractivity contribution in [1.82, 2.24) is 5.32 Å². The van der Waals surface area contributed by atoms with Gasteiger partial charge in [-0.15, -0.1) is 11.8 Å². The monoisotopic (exact) mass is 425 g/mol. The number of carbonyl (C=O) groups excluding carboxylic acids is 1. The maximum atomic E-state index is 12.4. The summed E-state index contributed by atoms with van der Waals surface area (Å²) in [6.07, 6.45) is 0.121. The number of carbonyl (C=O) groups is 1. The first-order valence-electron chi connectivity index (χ1n) is 9.51. The minimum absolute atomic E-state index is 0.0860. The van der Waals surface area contributed by atoms with Crippen molar-refractivity contribution < 1.29 is 9.53 Å². The predicted octanol–water partition coefficient (Wildman–Crippen LogP) is 6.35. The molecule has 0 aliphatic carbocycles. The second-order valence-electron chi connectivity index (χ2n) is 6.94. The SMILES string of the molecule is CC(C)Oc1cccc(CNC(=O)c2ccc(CSc3ccc(Cl)cc3)cc2)c1. The van der Waals surface area contributed by atoms with Crippen molar-refractivity contribution in [2.24, 2.45) is 0 Å². The second-order valence-corrected chi connectivity index (χ2v) is 8.42. The topological polar surface area (TPSA) is 38.3 Å². The fourth-order valence-electron chi connectivity index (χ4n) is 2.74. The maximum Gasteiger partial charge on any atom is 0.251 e. The summed E-state index contributed by atoms with van der Waals surface area (Å²) in [5, 5.41) is 3.71. The summed E-state index contributed by atoms with van der Waals surface area (Å²) in [5.74, 6) is 1.57. The van der Waals surface area contributed by atoms with Gasteiger partial charge in [0.15, 0.2) is 0 Å². The zero-order chi connectivity index (χ0) is 20.6. The van der Waals surface area contributed by atoms with E-state index in [1.807, 2.05) is 86.6 Å². The Morgan fingerprint density at radius 1 is 1.00 bits per heavy atom. The highest BCUT2D eigenvalue weighted by Gasteiger charge is 2.07. The predicted molar refractivity (Wildman–Crippen MR) is 121 cm³/mol. The third-order valence-electron chi connectivity index (χ3n) is 4.16. The molecule has 29 heavy (non-hydrogen) atoms. The van der Waals surface area contributed by atoms with E-state index in [9.17, 15) is 4.79 Å². The first-order chi connectivity index (χ1) is 14.0. The lowest BCUT2D eigenvalue weighted by Crippen LogP contribution is -2.22. The lowest BCUT2D eigenvalue weighted by atomic mass is 10.1. The van der Waals surface area contributed by atoms with Crippen molar-refractivity contribution in [3.05, 3.63) is 94.5 Å². The summed E-state index contributed by atoms with van der Waals surface area (Å²) in [6, 6.07) is 23.3. The van der Waals surface area contributed by atoms with Crippen LogP contribution in [0.4, 0.5) is 0 Å². The molecule has 0 unspecified atom stereocenters. The molecule has 0 heterocycles. The molecule has 0 saturated heterocycles. The molecule has 1 amide bonds. The Labute approximate surface area is 181 Å². The van der Waals surface area contributed by atoms with Crippen LogP contribution in [0.25, 0.3) is 0 Å². The van der Waals surface area contributed by atoms with Gasteiger partial charge in [-0.2, -0.15) is 0 Å². The van der Waals surface area contributed by atoms with Crippen molar-refractivity contribution in [3.8, 4) is 5.75 Å². The van der Waals surface area contributed by atoms with E-state index in [0.29, 0.717) is 12.1 Å². The van der Waals surface area contributed by atoms with Gasteiger partial charge in [0, 0.05) is 27.8 Å². The molecule has 0 saturated carbocycles. The molecule has 0 spiro atoms. The maximum absolute atomic E-state index is 12.4. The van der Waals surface area contributed by atoms with Gasteiger partial charge in [-0.1, -0.05) is 35.9 Å². The summed E-state index contributed by atoms with van der Waals surface area (Å²) in [4.78, 5) is 13.6. The lowest BCUT2D eigenvalue weighted by Gasteiger charge is -2.11. The van der Waals surface area contributed by atoms with Gasteiger partial charge in [0.1, 0.15) is 5.75 Å². The van der Waals surface area contributed by atoms with Crippen LogP contribution < -0.4 is 10.1 Å². The van der Waals surface area contributed by atoms with Gasteiger partial charge in [0.05, 0.1) is 6.10 Å². The van der Waals surface area contributed by atoms with Gasteiger partial charge in [-0.05, 0) is 73.5 Å². The molecule has 0 bridgehead atoms. The molecule has 0 aliphatic heterocycles. The molecule has 1 N–H and O–H groups in total. The van der Waals surface area contributed by atoms with Crippen LogP contribution in [-0.4, -0.2) is 12.0 Å². The Kier molecular flexibility index (Phi) is 7.62. The summed E-state index contributed by atoms with van der Waals surface area (Å²) in [7, 11) is 0. The molecule has 3 rings (SSSR count). The summed E-state index contributed by atoms with van der Waals surface area (Å²) in [6.45, 7) is 4.44. The van der Waals surface area contributed by atoms with Gasteiger partial charge >= 0.3 is 0 Å². The highest BCUT2D eigenvalue weighted by atomic mass is 35.5. The Bertz CT molecular complexity index is 940. The molecule has 0 fully saturated rings. The Balaban J connectivity index is 1.51. The van der Waals surface area contributed by atoms with E-state index in [1.165, 1.54) is 10.5 Å². The van der Waals surface area contributed by atoms with Crippen LogP contribution in [0.5, 0.6) is 5.75 Å². The van der Waals surface area contributed by atoms with Crippen LogP contribution in [0, 0.1) is 0 Å². The summed E-state index contributed by atoms with van der Waals surface area (Å²) in [5.41, 5.74) is 2.83. The number of ether oxygens (including phenoxy) is 1. The standard InChI is InChI=1S/C24H24ClNO2S/c1-17(2)28-22-5-3-4-19(14-22)15-26-24(27)20-8-6-18(7-9-20)16-29-23-12-10-21(25)11-13-23/h3-14,17H,15-16H2,1-2H3,(H,26,27). The van der Waals surface area contributed by atoms with E-state index >= 15 is 0 Å². The minimum atomic E-state index is -0.0860. The van der Waals surface area contributed by atoms with Crippen LogP contribution in [0.15, 0.2) is 77.7 Å². The third-order valence-corrected chi connectivity index (χ3v) is 5.49. The van der Waals surface area contributed by atoms with Gasteiger partial charge in [-0.3, -0.25) is 4.79 Å². The molecule has 0 aromatic heterocycles. The number of hydrogen-bond acceptors (Lipinski definition) is 3. The van der Waals surface area contributed by atoms with Gasteiger partial charge in [0.25, 0.3) is 5.91 Å². The van der Waals surface area contributed by atoms with Crippen LogP contribution in [0.3, 0.4) is 0 Å². The third kappa shape index (κ3) is 6.84. The molecule has 5 heteroatoms. The number of nitrogens with one attached hydrogen (secondary N) is 1. The average molecular weight is 426 g/mol. The van der Waals surface area contributed by atoms with E-state index < -0.39 is 0 Å². The zero-order valence-electron chi connectivity index (χ0n) is 16.5. The number of amides is 1. The second kappa shape index (κ2) is 10.4. The largest absolute Gasteiger partial charge is 0.491 e. The molecule has 0 aliphatic rings.